The molecule has 0 aliphatic carbocycles. The zero-order valence-electron chi connectivity index (χ0n) is 12.2. The number of fused-ring (bicyclic) bond motifs is 1. The zero-order chi connectivity index (χ0) is 15.6. The van der Waals surface area contributed by atoms with E-state index in [1.54, 1.807) is 25.1 Å². The summed E-state index contributed by atoms with van der Waals surface area (Å²) in [5, 5.41) is 14.1. The normalized spacial score (nSPS) is 13.7. The van der Waals surface area contributed by atoms with Crippen LogP contribution in [0.15, 0.2) is 59.4 Å². The fourth-order valence-corrected chi connectivity index (χ4v) is 2.33. The van der Waals surface area contributed by atoms with Crippen molar-refractivity contribution in [3.8, 4) is 0 Å². The predicted molar refractivity (Wildman–Crippen MR) is 86.9 cm³/mol. The number of nitrogens with one attached hydrogen (secondary N) is 2. The summed E-state index contributed by atoms with van der Waals surface area (Å²) >= 11 is 0. The van der Waals surface area contributed by atoms with Crippen LogP contribution in [0.25, 0.3) is 10.9 Å². The van der Waals surface area contributed by atoms with Crippen molar-refractivity contribution in [2.75, 3.05) is 11.9 Å². The number of aromatic amines is 1. The Balaban J connectivity index is 1.84. The Labute approximate surface area is 127 Å². The lowest BCUT2D eigenvalue weighted by Crippen LogP contribution is -2.31. The highest BCUT2D eigenvalue weighted by atomic mass is 16.3. The fraction of sp³-hybridized carbons (Fsp3) is 0.176. The van der Waals surface area contributed by atoms with Crippen molar-refractivity contribution in [3.05, 3.63) is 70.5 Å². The summed E-state index contributed by atoms with van der Waals surface area (Å²) in [6, 6.07) is 16.5. The lowest BCUT2D eigenvalue weighted by molar-refractivity contribution is 0.0713. The van der Waals surface area contributed by atoms with Crippen LogP contribution in [0.4, 0.5) is 5.95 Å². The summed E-state index contributed by atoms with van der Waals surface area (Å²) < 4.78 is 0. The molecule has 5 nitrogen and oxygen atoms in total. The van der Waals surface area contributed by atoms with Gasteiger partial charge in [-0.15, -0.1) is 0 Å². The van der Waals surface area contributed by atoms with Gasteiger partial charge in [-0.1, -0.05) is 42.5 Å². The summed E-state index contributed by atoms with van der Waals surface area (Å²) in [4.78, 5) is 19.0. The van der Waals surface area contributed by atoms with E-state index >= 15 is 0 Å². The molecule has 0 bridgehead atoms. The number of rotatable bonds is 4. The van der Waals surface area contributed by atoms with E-state index in [0.29, 0.717) is 16.9 Å². The molecule has 5 heteroatoms. The molecule has 0 saturated heterocycles. The molecule has 0 fully saturated rings. The zero-order valence-corrected chi connectivity index (χ0v) is 12.2. The Morgan fingerprint density at radius 3 is 2.59 bits per heavy atom. The number of aromatic nitrogens is 2. The fourth-order valence-electron chi connectivity index (χ4n) is 2.33. The van der Waals surface area contributed by atoms with Gasteiger partial charge in [0.1, 0.15) is 5.60 Å². The maximum Gasteiger partial charge on any atom is 0.260 e. The van der Waals surface area contributed by atoms with Gasteiger partial charge < -0.3 is 10.4 Å². The molecule has 0 amide bonds. The topological polar surface area (TPSA) is 78.0 Å². The van der Waals surface area contributed by atoms with Gasteiger partial charge in [-0.3, -0.25) is 9.78 Å². The van der Waals surface area contributed by atoms with E-state index in [0.717, 1.165) is 5.56 Å². The van der Waals surface area contributed by atoms with Crippen LogP contribution in [0, 0.1) is 0 Å². The monoisotopic (exact) mass is 295 g/mol. The Bertz CT molecular complexity index is 841. The first-order valence-corrected chi connectivity index (χ1v) is 7.07. The molecule has 0 aliphatic heterocycles. The number of hydrogen-bond donors (Lipinski definition) is 3. The molecule has 0 aliphatic rings. The largest absolute Gasteiger partial charge is 0.384 e. The molecule has 2 aromatic carbocycles. The summed E-state index contributed by atoms with van der Waals surface area (Å²) in [7, 11) is 0. The van der Waals surface area contributed by atoms with Crippen LogP contribution in [0.2, 0.25) is 0 Å². The van der Waals surface area contributed by atoms with Gasteiger partial charge >= 0.3 is 0 Å². The lowest BCUT2D eigenvalue weighted by Gasteiger charge is -2.24. The van der Waals surface area contributed by atoms with E-state index in [9.17, 15) is 9.90 Å². The first-order valence-electron chi connectivity index (χ1n) is 7.07. The second kappa shape index (κ2) is 5.61. The molecule has 1 atom stereocenters. The minimum absolute atomic E-state index is 0.201. The van der Waals surface area contributed by atoms with Crippen molar-refractivity contribution in [2.45, 2.75) is 12.5 Å². The van der Waals surface area contributed by atoms with E-state index in [2.05, 4.69) is 15.3 Å². The molecular formula is C17H17N3O2. The summed E-state index contributed by atoms with van der Waals surface area (Å²) in [5.41, 5.74) is 0.150. The Kier molecular flexibility index (Phi) is 3.65. The molecule has 0 spiro atoms. The van der Waals surface area contributed by atoms with E-state index in [1.807, 2.05) is 36.4 Å². The lowest BCUT2D eigenvalue weighted by atomic mass is 9.96. The second-order valence-corrected chi connectivity index (χ2v) is 5.43. The van der Waals surface area contributed by atoms with Gasteiger partial charge in [0.25, 0.3) is 5.56 Å². The first-order chi connectivity index (χ1) is 10.6. The van der Waals surface area contributed by atoms with Gasteiger partial charge in [0.05, 0.1) is 17.4 Å². The molecule has 112 valence electrons. The van der Waals surface area contributed by atoms with E-state index in [1.165, 1.54) is 0 Å². The van der Waals surface area contributed by atoms with Gasteiger partial charge in [-0.2, -0.15) is 0 Å². The Morgan fingerprint density at radius 1 is 1.14 bits per heavy atom. The van der Waals surface area contributed by atoms with E-state index in [-0.39, 0.29) is 12.1 Å². The van der Waals surface area contributed by atoms with Crippen molar-refractivity contribution >= 4 is 16.9 Å². The predicted octanol–water partition coefficient (Wildman–Crippen LogP) is 2.24. The maximum atomic E-state index is 12.0. The van der Waals surface area contributed by atoms with Gasteiger partial charge in [0.15, 0.2) is 0 Å². The van der Waals surface area contributed by atoms with Gasteiger partial charge in [-0.25, -0.2) is 4.98 Å². The number of benzene rings is 2. The average Bonchev–Trinajstić information content (AvgIpc) is 2.54. The van der Waals surface area contributed by atoms with Crippen LogP contribution in [0.3, 0.4) is 0 Å². The molecule has 22 heavy (non-hydrogen) atoms. The Hall–Kier alpha value is -2.66. The van der Waals surface area contributed by atoms with Crippen molar-refractivity contribution in [1.82, 2.24) is 9.97 Å². The first kappa shape index (κ1) is 14.3. The third-order valence-corrected chi connectivity index (χ3v) is 3.61. The standard InChI is InChI=1S/C17H17N3O2/c1-17(22,12-7-3-2-4-8-12)11-18-16-19-14-10-6-5-9-13(14)15(21)20-16/h2-10,22H,11H2,1H3,(H2,18,19,20,21). The number of hydrogen-bond acceptors (Lipinski definition) is 4. The highest BCUT2D eigenvalue weighted by Crippen LogP contribution is 2.20. The molecule has 1 heterocycles. The van der Waals surface area contributed by atoms with Crippen LogP contribution in [0.1, 0.15) is 12.5 Å². The van der Waals surface area contributed by atoms with Gasteiger partial charge in [0.2, 0.25) is 5.95 Å². The van der Waals surface area contributed by atoms with E-state index < -0.39 is 5.60 Å². The minimum Gasteiger partial charge on any atom is -0.384 e. The van der Waals surface area contributed by atoms with Crippen molar-refractivity contribution in [3.63, 3.8) is 0 Å². The molecule has 1 aromatic heterocycles. The molecule has 3 aromatic rings. The SMILES string of the molecule is CC(O)(CNc1nc2ccccc2c(=O)[nH]1)c1ccccc1. The molecule has 0 radical (unpaired) electrons. The van der Waals surface area contributed by atoms with Crippen LogP contribution in [-0.4, -0.2) is 21.6 Å². The third kappa shape index (κ3) is 2.84. The third-order valence-electron chi connectivity index (χ3n) is 3.61. The summed E-state index contributed by atoms with van der Waals surface area (Å²) in [5.74, 6) is 0.347. The van der Waals surface area contributed by atoms with Crippen LogP contribution in [-0.2, 0) is 5.60 Å². The van der Waals surface area contributed by atoms with Crippen molar-refractivity contribution in [1.29, 1.82) is 0 Å². The number of para-hydroxylation sites is 1. The second-order valence-electron chi connectivity index (χ2n) is 5.43. The molecule has 3 N–H and O–H groups in total. The number of aliphatic hydroxyl groups is 1. The quantitative estimate of drug-likeness (QED) is 0.690. The minimum atomic E-state index is -1.06. The average molecular weight is 295 g/mol. The van der Waals surface area contributed by atoms with Gasteiger partial charge in [-0.05, 0) is 24.6 Å². The smallest absolute Gasteiger partial charge is 0.260 e. The Morgan fingerprint density at radius 2 is 1.82 bits per heavy atom. The van der Waals surface area contributed by atoms with Crippen LogP contribution in [0.5, 0.6) is 0 Å². The number of nitrogens with zero attached hydrogens (tertiary/aromatic N) is 1. The maximum absolute atomic E-state index is 12.0. The van der Waals surface area contributed by atoms with Crippen LogP contribution < -0.4 is 10.9 Å². The highest BCUT2D eigenvalue weighted by molar-refractivity contribution is 5.78. The summed E-state index contributed by atoms with van der Waals surface area (Å²) in [6.45, 7) is 1.95. The van der Waals surface area contributed by atoms with Crippen molar-refractivity contribution in [2.24, 2.45) is 0 Å². The summed E-state index contributed by atoms with van der Waals surface area (Å²) in [6.07, 6.45) is 0. The van der Waals surface area contributed by atoms with Crippen LogP contribution >= 0.6 is 0 Å². The van der Waals surface area contributed by atoms with E-state index in [4.69, 9.17) is 0 Å². The molecule has 3 rings (SSSR count). The van der Waals surface area contributed by atoms with Crippen molar-refractivity contribution < 1.29 is 5.11 Å². The number of anilines is 1. The van der Waals surface area contributed by atoms with Gasteiger partial charge in [0, 0.05) is 0 Å². The number of H-pyrrole nitrogens is 1. The molecule has 0 saturated carbocycles. The highest BCUT2D eigenvalue weighted by Gasteiger charge is 2.22. The molecular weight excluding hydrogens is 278 g/mol. The molecule has 1 unspecified atom stereocenters.